The first-order valence-corrected chi connectivity index (χ1v) is 11.2. The number of anilines is 1. The van der Waals surface area contributed by atoms with Crippen molar-refractivity contribution < 1.29 is 4.74 Å². The minimum absolute atomic E-state index is 0.654. The first kappa shape index (κ1) is 20.7. The van der Waals surface area contributed by atoms with Gasteiger partial charge in [-0.1, -0.05) is 35.9 Å². The van der Waals surface area contributed by atoms with Crippen molar-refractivity contribution >= 4 is 45.3 Å². The molecule has 0 saturated carbocycles. The molecule has 0 radical (unpaired) electrons. The Morgan fingerprint density at radius 1 is 1.00 bits per heavy atom. The second-order valence-corrected chi connectivity index (χ2v) is 8.56. The molecule has 162 valence electrons. The molecule has 0 bridgehead atoms. The van der Waals surface area contributed by atoms with E-state index < -0.39 is 0 Å². The van der Waals surface area contributed by atoms with E-state index in [0.29, 0.717) is 5.02 Å². The van der Waals surface area contributed by atoms with E-state index in [1.54, 1.807) is 7.11 Å². The summed E-state index contributed by atoms with van der Waals surface area (Å²) in [7, 11) is 1.66. The van der Waals surface area contributed by atoms with Crippen LogP contribution in [-0.4, -0.2) is 36.3 Å². The van der Waals surface area contributed by atoms with Crippen molar-refractivity contribution in [2.24, 2.45) is 5.10 Å². The minimum Gasteiger partial charge on any atom is -0.497 e. The maximum atomic E-state index is 6.21. The molecule has 1 N–H and O–H groups in total. The second-order valence-electron chi connectivity index (χ2n) is 8.13. The quantitative estimate of drug-likeness (QED) is 0.222. The molecule has 6 heteroatoms. The zero-order valence-electron chi connectivity index (χ0n) is 18.0. The number of nitrogens with one attached hydrogen (secondary N) is 1. The molecule has 1 fully saturated rings. The van der Waals surface area contributed by atoms with E-state index in [9.17, 15) is 0 Å². The number of rotatable bonds is 6. The Labute approximate surface area is 192 Å². The van der Waals surface area contributed by atoms with Crippen LogP contribution in [0.4, 0.5) is 5.69 Å². The van der Waals surface area contributed by atoms with Crippen molar-refractivity contribution in [1.82, 2.24) is 9.88 Å². The van der Waals surface area contributed by atoms with Gasteiger partial charge in [0.15, 0.2) is 0 Å². The van der Waals surface area contributed by atoms with Gasteiger partial charge < -0.3 is 4.74 Å². The SMILES string of the molecule is COc1ccc2nc3cc(Cl)ccc3c(N/N=C/c3ccc(CN4CCCC4)cc3)c2c1. The second kappa shape index (κ2) is 9.15. The predicted molar refractivity (Wildman–Crippen MR) is 133 cm³/mol. The number of methoxy groups -OCH3 is 1. The molecule has 0 atom stereocenters. The number of pyridine rings is 1. The first-order valence-electron chi connectivity index (χ1n) is 10.9. The Kier molecular flexibility index (Phi) is 5.93. The van der Waals surface area contributed by atoms with Crippen LogP contribution >= 0.6 is 11.6 Å². The van der Waals surface area contributed by atoms with Gasteiger partial charge in [-0.25, -0.2) is 4.98 Å². The van der Waals surface area contributed by atoms with Crippen LogP contribution in [0.3, 0.4) is 0 Å². The Morgan fingerprint density at radius 3 is 2.59 bits per heavy atom. The van der Waals surface area contributed by atoms with Crippen molar-refractivity contribution in [2.75, 3.05) is 25.6 Å². The lowest BCUT2D eigenvalue weighted by Crippen LogP contribution is -2.18. The van der Waals surface area contributed by atoms with E-state index in [1.165, 1.54) is 31.5 Å². The summed E-state index contributed by atoms with van der Waals surface area (Å²) in [4.78, 5) is 7.26. The standard InChI is InChI=1S/C26H25ClN4O/c1-32-21-9-11-24-23(15-21)26(22-10-8-20(27)14-25(22)29-24)30-28-16-18-4-6-19(7-5-18)17-31-12-2-3-13-31/h4-11,14-16H,2-3,12-13,17H2,1H3,(H,29,30)/b28-16+. The number of hydrogen-bond donors (Lipinski definition) is 1. The number of halogens is 1. The van der Waals surface area contributed by atoms with Crippen LogP contribution in [0, 0.1) is 0 Å². The molecule has 2 heterocycles. The molecule has 1 aromatic heterocycles. The molecule has 5 nitrogen and oxygen atoms in total. The lowest BCUT2D eigenvalue weighted by atomic mass is 10.1. The number of hydrazone groups is 1. The van der Waals surface area contributed by atoms with E-state index in [0.717, 1.165) is 45.4 Å². The fourth-order valence-electron chi connectivity index (χ4n) is 4.22. The maximum Gasteiger partial charge on any atom is 0.119 e. The smallest absolute Gasteiger partial charge is 0.119 e. The topological polar surface area (TPSA) is 49.8 Å². The maximum absolute atomic E-state index is 6.21. The van der Waals surface area contributed by atoms with Gasteiger partial charge >= 0.3 is 0 Å². The van der Waals surface area contributed by atoms with Crippen LogP contribution < -0.4 is 10.2 Å². The van der Waals surface area contributed by atoms with Crippen molar-refractivity contribution in [1.29, 1.82) is 0 Å². The van der Waals surface area contributed by atoms with E-state index >= 15 is 0 Å². The average Bonchev–Trinajstić information content (AvgIpc) is 3.32. The Balaban J connectivity index is 1.42. The van der Waals surface area contributed by atoms with Gasteiger partial charge in [0.25, 0.3) is 0 Å². The highest BCUT2D eigenvalue weighted by atomic mass is 35.5. The number of nitrogens with zero attached hydrogens (tertiary/aromatic N) is 3. The van der Waals surface area contributed by atoms with E-state index in [1.807, 2.05) is 42.6 Å². The van der Waals surface area contributed by atoms with E-state index in [2.05, 4.69) is 39.7 Å². The summed E-state index contributed by atoms with van der Waals surface area (Å²) < 4.78 is 5.42. The lowest BCUT2D eigenvalue weighted by molar-refractivity contribution is 0.331. The summed E-state index contributed by atoms with van der Waals surface area (Å²) in [6.07, 6.45) is 4.47. The summed E-state index contributed by atoms with van der Waals surface area (Å²) >= 11 is 6.21. The monoisotopic (exact) mass is 444 g/mol. The van der Waals surface area contributed by atoms with Gasteiger partial charge in [-0.2, -0.15) is 5.10 Å². The van der Waals surface area contributed by atoms with Crippen LogP contribution in [0.1, 0.15) is 24.0 Å². The normalized spacial score (nSPS) is 14.6. The van der Waals surface area contributed by atoms with Crippen molar-refractivity contribution in [3.63, 3.8) is 0 Å². The molecule has 3 aromatic carbocycles. The van der Waals surface area contributed by atoms with Gasteiger partial charge in [0, 0.05) is 22.3 Å². The summed E-state index contributed by atoms with van der Waals surface area (Å²) in [5.41, 5.74) is 8.18. The molecule has 5 rings (SSSR count). The molecule has 4 aromatic rings. The van der Waals surface area contributed by atoms with Crippen LogP contribution in [0.5, 0.6) is 5.75 Å². The lowest BCUT2D eigenvalue weighted by Gasteiger charge is -2.14. The molecular formula is C26H25ClN4O. The molecule has 1 saturated heterocycles. The molecule has 0 unspecified atom stereocenters. The number of ether oxygens (including phenoxy) is 1. The summed E-state index contributed by atoms with van der Waals surface area (Å²) in [6, 6.07) is 20.1. The summed E-state index contributed by atoms with van der Waals surface area (Å²) in [5.74, 6) is 0.772. The predicted octanol–water partition coefficient (Wildman–Crippen LogP) is 6.09. The van der Waals surface area contributed by atoms with Gasteiger partial charge in [0.05, 0.1) is 30.0 Å². The van der Waals surface area contributed by atoms with Crippen molar-refractivity contribution in [3.8, 4) is 5.75 Å². The van der Waals surface area contributed by atoms with E-state index in [4.69, 9.17) is 21.3 Å². The Morgan fingerprint density at radius 2 is 1.81 bits per heavy atom. The molecule has 1 aliphatic heterocycles. The fraction of sp³-hybridized carbons (Fsp3) is 0.231. The molecule has 0 aliphatic carbocycles. The third kappa shape index (κ3) is 4.40. The zero-order valence-corrected chi connectivity index (χ0v) is 18.8. The number of hydrogen-bond acceptors (Lipinski definition) is 5. The third-order valence-electron chi connectivity index (χ3n) is 5.92. The molecule has 0 spiro atoms. The highest BCUT2D eigenvalue weighted by Crippen LogP contribution is 2.34. The highest BCUT2D eigenvalue weighted by Gasteiger charge is 2.12. The molecule has 32 heavy (non-hydrogen) atoms. The number of fused-ring (bicyclic) bond motifs is 2. The number of benzene rings is 3. The van der Waals surface area contributed by atoms with Gasteiger partial charge in [-0.15, -0.1) is 0 Å². The van der Waals surface area contributed by atoms with Crippen molar-refractivity contribution in [2.45, 2.75) is 19.4 Å². The van der Waals surface area contributed by atoms with Gasteiger partial charge in [0.1, 0.15) is 5.75 Å². The molecule has 0 amide bonds. The first-order chi connectivity index (χ1) is 15.7. The third-order valence-corrected chi connectivity index (χ3v) is 6.15. The van der Waals surface area contributed by atoms with Crippen LogP contribution in [0.15, 0.2) is 65.8 Å². The fourth-order valence-corrected chi connectivity index (χ4v) is 4.39. The Bertz CT molecular complexity index is 1280. The average molecular weight is 445 g/mol. The Hall–Kier alpha value is -3.15. The summed E-state index contributed by atoms with van der Waals surface area (Å²) in [6.45, 7) is 3.43. The largest absolute Gasteiger partial charge is 0.497 e. The number of likely N-dealkylation sites (tertiary alicyclic amines) is 1. The number of aromatic nitrogens is 1. The highest BCUT2D eigenvalue weighted by molar-refractivity contribution is 6.31. The van der Waals surface area contributed by atoms with Crippen LogP contribution in [-0.2, 0) is 6.54 Å². The van der Waals surface area contributed by atoms with Crippen LogP contribution in [0.25, 0.3) is 21.8 Å². The molecular weight excluding hydrogens is 420 g/mol. The van der Waals surface area contributed by atoms with E-state index in [-0.39, 0.29) is 0 Å². The molecule has 1 aliphatic rings. The van der Waals surface area contributed by atoms with Crippen LogP contribution in [0.2, 0.25) is 5.02 Å². The van der Waals surface area contributed by atoms with Gasteiger partial charge in [-0.05, 0) is 73.5 Å². The van der Waals surface area contributed by atoms with Crippen molar-refractivity contribution in [3.05, 3.63) is 76.8 Å². The van der Waals surface area contributed by atoms with Gasteiger partial charge in [0.2, 0.25) is 0 Å². The summed E-state index contributed by atoms with van der Waals surface area (Å²) in [5, 5.41) is 7.08. The zero-order chi connectivity index (χ0) is 21.9. The van der Waals surface area contributed by atoms with Gasteiger partial charge in [-0.3, -0.25) is 10.3 Å². The minimum atomic E-state index is 0.654.